The maximum Gasteiger partial charge on any atom is 0.203 e. The van der Waals surface area contributed by atoms with Gasteiger partial charge in [0.05, 0.1) is 0 Å². The Labute approximate surface area is 125 Å². The van der Waals surface area contributed by atoms with Crippen molar-refractivity contribution in [3.63, 3.8) is 0 Å². The first-order valence-corrected chi connectivity index (χ1v) is 4.20. The van der Waals surface area contributed by atoms with Crippen molar-refractivity contribution in [3.8, 4) is 71.5 Å². The number of hydrogen-bond acceptors (Lipinski definition) is 1. The molecule has 0 aromatic carbocycles. The van der Waals surface area contributed by atoms with Crippen LogP contribution in [-0.2, 0) is 4.79 Å². The van der Waals surface area contributed by atoms with Crippen LogP contribution in [0.15, 0.2) is 0 Å². The average molecular weight is 264 g/mol. The zero-order chi connectivity index (χ0) is 13.4. The normalized spacial score (nSPS) is 3.60. The fourth-order valence-corrected chi connectivity index (χ4v) is 0.337. The second-order valence-corrected chi connectivity index (χ2v) is 2.05. The third-order valence-electron chi connectivity index (χ3n) is 0.800. The lowest BCUT2D eigenvalue weighted by molar-refractivity contribution is -0.111. The Kier molecular flexibility index (Phi) is 44.6. The molecule has 104 valence electrons. The van der Waals surface area contributed by atoms with Gasteiger partial charge >= 0.3 is 0 Å². The summed E-state index contributed by atoms with van der Waals surface area (Å²) in [5, 5.41) is 0. The average Bonchev–Trinajstić information content (AvgIpc) is 2.30. The molecule has 0 saturated heterocycles. The Hall–Kier alpha value is -3.23. The fraction of sp³-hybridized carbons (Fsp3) is 0.211. The van der Waals surface area contributed by atoms with Crippen LogP contribution in [0.1, 0.15) is 29.2 Å². The Morgan fingerprint density at radius 1 is 0.800 bits per heavy atom. The molecule has 0 aliphatic heterocycles. The number of rotatable bonds is 0. The maximum atomic E-state index is 10.2. The molecule has 0 aromatic rings. The van der Waals surface area contributed by atoms with E-state index < -0.39 is 0 Å². The van der Waals surface area contributed by atoms with Gasteiger partial charge in [-0.25, -0.2) is 11.8 Å². The van der Waals surface area contributed by atoms with Gasteiger partial charge in [-0.2, -0.15) is 13.8 Å². The van der Waals surface area contributed by atoms with E-state index in [-0.39, 0.29) is 28.1 Å². The molecule has 0 aromatic heterocycles. The van der Waals surface area contributed by atoms with Gasteiger partial charge in [0.25, 0.3) is 0 Å². The first kappa shape index (κ1) is 30.1. The second kappa shape index (κ2) is 29.7. The highest BCUT2D eigenvalue weighted by Gasteiger charge is 1.73. The van der Waals surface area contributed by atoms with Crippen molar-refractivity contribution in [1.29, 1.82) is 0 Å². The van der Waals surface area contributed by atoms with Gasteiger partial charge in [-0.1, -0.05) is 22.3 Å². The summed E-state index contributed by atoms with van der Waals surface area (Å²) in [7, 11) is 0. The Morgan fingerprint density at radius 3 is 1.55 bits per heavy atom. The molecule has 0 aliphatic carbocycles. The molecule has 1 heteroatoms. The standard InChI is InChI=1S/C9H5O.C7H3.3CH4/c1-3-4-5-6-7-8-9(2)10;1-3-5-7-6-4-2;;;/h1H2,2H3;1H,2H2;3*1H4/q2*-1;;;. The zero-order valence-electron chi connectivity index (χ0n) is 9.40. The molecule has 0 spiro atoms. The van der Waals surface area contributed by atoms with Crippen molar-refractivity contribution in [1.82, 2.24) is 0 Å². The van der Waals surface area contributed by atoms with Crippen molar-refractivity contribution >= 4 is 5.78 Å². The van der Waals surface area contributed by atoms with E-state index in [2.05, 4.69) is 79.0 Å². The molecule has 0 rings (SSSR count). The van der Waals surface area contributed by atoms with Gasteiger partial charge in [-0.15, -0.1) is 18.3 Å². The molecule has 1 nitrogen and oxygen atoms in total. The van der Waals surface area contributed by atoms with Crippen LogP contribution in [0.2, 0.25) is 0 Å². The first-order valence-electron chi connectivity index (χ1n) is 4.20. The number of terminal acetylenes is 1. The van der Waals surface area contributed by atoms with Gasteiger partial charge in [0.1, 0.15) is 0 Å². The molecule has 0 amide bonds. The molecular weight excluding hydrogens is 244 g/mol. The van der Waals surface area contributed by atoms with Gasteiger partial charge in [0.15, 0.2) is 0 Å². The number of Topliss-reactive ketones (excluding diaryl/α,β-unsaturated/α-hetero) is 1. The van der Waals surface area contributed by atoms with Crippen LogP contribution in [-0.4, -0.2) is 5.78 Å². The molecule has 0 heterocycles. The lowest BCUT2D eigenvalue weighted by Crippen LogP contribution is -1.78. The van der Waals surface area contributed by atoms with Gasteiger partial charge in [0, 0.05) is 6.92 Å². The van der Waals surface area contributed by atoms with Gasteiger partial charge in [-0.3, -0.25) is 16.6 Å². The van der Waals surface area contributed by atoms with E-state index in [4.69, 9.17) is 6.42 Å². The summed E-state index contributed by atoms with van der Waals surface area (Å²) in [6, 6.07) is 0. The minimum absolute atomic E-state index is 0. The Bertz CT molecular complexity index is 586. The third kappa shape index (κ3) is 46.4. The number of hydrogen-bond donors (Lipinski definition) is 0. The van der Waals surface area contributed by atoms with Gasteiger partial charge in [-0.05, 0) is 29.6 Å². The summed E-state index contributed by atoms with van der Waals surface area (Å²) in [6.45, 7) is 7.84. The topological polar surface area (TPSA) is 17.1 Å². The van der Waals surface area contributed by atoms with Crippen LogP contribution in [0.4, 0.5) is 0 Å². The Morgan fingerprint density at radius 2 is 1.20 bits per heavy atom. The smallest absolute Gasteiger partial charge is 0.203 e. The molecule has 0 fully saturated rings. The number of carbonyl (C=O) groups is 1. The minimum Gasteiger partial charge on any atom is -0.285 e. The molecule has 20 heavy (non-hydrogen) atoms. The highest BCUT2D eigenvalue weighted by atomic mass is 16.1. The lowest BCUT2D eigenvalue weighted by atomic mass is 10.4. The molecule has 0 aliphatic rings. The van der Waals surface area contributed by atoms with Crippen molar-refractivity contribution in [2.45, 2.75) is 29.2 Å². The van der Waals surface area contributed by atoms with Crippen molar-refractivity contribution in [2.75, 3.05) is 0 Å². The quantitative estimate of drug-likeness (QED) is 0.373. The van der Waals surface area contributed by atoms with E-state index in [1.807, 2.05) is 0 Å². The lowest BCUT2D eigenvalue weighted by Gasteiger charge is -1.66. The summed E-state index contributed by atoms with van der Waals surface area (Å²) >= 11 is 0. The fourth-order valence-electron chi connectivity index (χ4n) is 0.337. The second-order valence-electron chi connectivity index (χ2n) is 2.05. The third-order valence-corrected chi connectivity index (χ3v) is 0.800. The first-order chi connectivity index (χ1) is 8.18. The monoisotopic (exact) mass is 264 g/mol. The summed E-state index contributed by atoms with van der Waals surface area (Å²) in [4.78, 5) is 10.2. The SMILES string of the molecule is C.C.C.C#CC#CC#C[CH2-].[CH2-]C#CC#CC#CC(C)=O. The molecule has 0 bridgehead atoms. The molecular formula is C19H20O-2. The van der Waals surface area contributed by atoms with Gasteiger partial charge in [0.2, 0.25) is 5.78 Å². The van der Waals surface area contributed by atoms with Crippen LogP contribution in [0.5, 0.6) is 0 Å². The maximum absolute atomic E-state index is 10.2. The van der Waals surface area contributed by atoms with Crippen molar-refractivity contribution < 1.29 is 4.79 Å². The van der Waals surface area contributed by atoms with Crippen molar-refractivity contribution in [2.24, 2.45) is 0 Å². The van der Waals surface area contributed by atoms with E-state index in [1.165, 1.54) is 6.92 Å². The van der Waals surface area contributed by atoms with E-state index in [9.17, 15) is 4.79 Å². The number of ketones is 1. The minimum atomic E-state index is -0.197. The highest BCUT2D eigenvalue weighted by molar-refractivity contribution is 5.93. The predicted octanol–water partition coefficient (Wildman–Crippen LogP) is 2.79. The van der Waals surface area contributed by atoms with Gasteiger partial charge < -0.3 is 0 Å². The van der Waals surface area contributed by atoms with Crippen LogP contribution < -0.4 is 0 Å². The highest BCUT2D eigenvalue weighted by Crippen LogP contribution is 1.59. The van der Waals surface area contributed by atoms with E-state index >= 15 is 0 Å². The van der Waals surface area contributed by atoms with E-state index in [0.717, 1.165) is 0 Å². The summed E-state index contributed by atoms with van der Waals surface area (Å²) in [6.07, 6.45) is 4.76. The molecule has 0 N–H and O–H groups in total. The largest absolute Gasteiger partial charge is 0.285 e. The number of carbonyl (C=O) groups excluding carboxylic acids is 1. The predicted molar refractivity (Wildman–Crippen MR) is 89.3 cm³/mol. The van der Waals surface area contributed by atoms with Crippen LogP contribution in [0.3, 0.4) is 0 Å². The van der Waals surface area contributed by atoms with E-state index in [1.54, 1.807) is 0 Å². The summed E-state index contributed by atoms with van der Waals surface area (Å²) in [5.74, 6) is 25.4. The zero-order valence-corrected chi connectivity index (χ0v) is 9.40. The molecule has 0 radical (unpaired) electrons. The van der Waals surface area contributed by atoms with E-state index in [0.29, 0.717) is 0 Å². The molecule has 0 saturated carbocycles. The molecule has 0 unspecified atom stereocenters. The molecule has 0 atom stereocenters. The Balaban J connectivity index is -0.0000000681. The van der Waals surface area contributed by atoms with Crippen molar-refractivity contribution in [3.05, 3.63) is 13.8 Å². The van der Waals surface area contributed by atoms with Crippen LogP contribution in [0.25, 0.3) is 0 Å². The summed E-state index contributed by atoms with van der Waals surface area (Å²) < 4.78 is 0. The van der Waals surface area contributed by atoms with Crippen LogP contribution in [0, 0.1) is 85.4 Å². The summed E-state index contributed by atoms with van der Waals surface area (Å²) in [5.41, 5.74) is 0. The van der Waals surface area contributed by atoms with Crippen LogP contribution >= 0.6 is 0 Å².